The molecule has 0 fully saturated rings. The second kappa shape index (κ2) is 9.89. The van der Waals surface area contributed by atoms with E-state index in [9.17, 15) is 0 Å². The van der Waals surface area contributed by atoms with E-state index in [2.05, 4.69) is 130 Å². The Morgan fingerprint density at radius 1 is 0.429 bits per heavy atom. The van der Waals surface area contributed by atoms with Gasteiger partial charge in [0.25, 0.3) is 0 Å². The highest BCUT2D eigenvalue weighted by Gasteiger charge is 2.23. The van der Waals surface area contributed by atoms with E-state index in [0.717, 1.165) is 88.6 Å². The van der Waals surface area contributed by atoms with E-state index in [0.29, 0.717) is 0 Å². The second-order valence-electron chi connectivity index (χ2n) is 12.6. The molecular formula is C44H26N4O. The summed E-state index contributed by atoms with van der Waals surface area (Å²) in [6, 6.07) is 55.2. The maximum absolute atomic E-state index is 6.66. The fraction of sp³-hybridized carbons (Fsp3) is 0. The molecule has 11 aromatic rings. The molecule has 0 saturated carbocycles. The molecule has 0 spiro atoms. The number of hydrogen-bond donors (Lipinski definition) is 0. The Hall–Kier alpha value is -6.72. The van der Waals surface area contributed by atoms with Crippen LogP contribution in [0.25, 0.3) is 99.3 Å². The Morgan fingerprint density at radius 3 is 1.90 bits per heavy atom. The second-order valence-corrected chi connectivity index (χ2v) is 12.6. The average Bonchev–Trinajstić information content (AvgIpc) is 3.81. The highest BCUT2D eigenvalue weighted by molar-refractivity contribution is 6.24. The van der Waals surface area contributed by atoms with Crippen molar-refractivity contribution in [1.82, 2.24) is 19.1 Å². The van der Waals surface area contributed by atoms with E-state index in [1.165, 1.54) is 10.8 Å². The molecule has 0 atom stereocenters. The quantitative estimate of drug-likeness (QED) is 0.196. The van der Waals surface area contributed by atoms with Crippen LogP contribution in [0.2, 0.25) is 0 Å². The van der Waals surface area contributed by atoms with Crippen molar-refractivity contribution in [2.45, 2.75) is 0 Å². The van der Waals surface area contributed by atoms with E-state index in [1.54, 1.807) is 0 Å². The van der Waals surface area contributed by atoms with Crippen LogP contribution in [0.4, 0.5) is 0 Å². The zero-order valence-corrected chi connectivity index (χ0v) is 26.2. The molecule has 4 heterocycles. The highest BCUT2D eigenvalue weighted by atomic mass is 16.3. The van der Waals surface area contributed by atoms with E-state index in [4.69, 9.17) is 14.4 Å². The summed E-state index contributed by atoms with van der Waals surface area (Å²) in [5.74, 6) is 0.803. The number of fused-ring (bicyclic) bond motifs is 11. The molecule has 0 aliphatic rings. The largest absolute Gasteiger partial charge is 0.454 e. The van der Waals surface area contributed by atoms with Crippen LogP contribution >= 0.6 is 0 Å². The first-order valence-corrected chi connectivity index (χ1v) is 16.5. The molecule has 0 aliphatic carbocycles. The monoisotopic (exact) mass is 626 g/mol. The summed E-state index contributed by atoms with van der Waals surface area (Å²) in [5, 5.41) is 6.88. The number of para-hydroxylation sites is 5. The number of rotatable bonds is 3. The van der Waals surface area contributed by atoms with Gasteiger partial charge in [-0.25, -0.2) is 9.97 Å². The lowest BCUT2D eigenvalue weighted by molar-refractivity contribution is 0.671. The smallest absolute Gasteiger partial charge is 0.165 e. The van der Waals surface area contributed by atoms with Gasteiger partial charge in [0.1, 0.15) is 11.3 Å². The van der Waals surface area contributed by atoms with Crippen molar-refractivity contribution in [1.29, 1.82) is 0 Å². The van der Waals surface area contributed by atoms with Gasteiger partial charge < -0.3 is 8.98 Å². The maximum atomic E-state index is 6.66. The van der Waals surface area contributed by atoms with E-state index in [1.807, 2.05) is 36.4 Å². The van der Waals surface area contributed by atoms with Crippen LogP contribution in [0.3, 0.4) is 0 Å². The van der Waals surface area contributed by atoms with Crippen LogP contribution in [0.5, 0.6) is 0 Å². The third kappa shape index (κ3) is 3.70. The van der Waals surface area contributed by atoms with Crippen molar-refractivity contribution in [3.05, 3.63) is 158 Å². The molecule has 0 unspecified atom stereocenters. The van der Waals surface area contributed by atoms with E-state index < -0.39 is 0 Å². The summed E-state index contributed by atoms with van der Waals surface area (Å²) in [6.45, 7) is 0. The molecule has 0 amide bonds. The predicted octanol–water partition coefficient (Wildman–Crippen LogP) is 11.4. The van der Waals surface area contributed by atoms with Gasteiger partial charge in [0.15, 0.2) is 11.4 Å². The Bertz CT molecular complexity index is 3100. The van der Waals surface area contributed by atoms with Gasteiger partial charge in [-0.3, -0.25) is 4.57 Å². The summed E-state index contributed by atoms with van der Waals surface area (Å²) in [4.78, 5) is 10.6. The van der Waals surface area contributed by atoms with Gasteiger partial charge in [0.05, 0.1) is 33.1 Å². The summed E-state index contributed by atoms with van der Waals surface area (Å²) in [6.07, 6.45) is 0. The van der Waals surface area contributed by atoms with Crippen molar-refractivity contribution in [3.63, 3.8) is 0 Å². The average molecular weight is 627 g/mol. The lowest BCUT2D eigenvalue weighted by Gasteiger charge is -2.14. The molecule has 7 aromatic carbocycles. The topological polar surface area (TPSA) is 48.8 Å². The molecule has 0 bridgehead atoms. The lowest BCUT2D eigenvalue weighted by Crippen LogP contribution is -2.03. The molecule has 5 heteroatoms. The van der Waals surface area contributed by atoms with Crippen LogP contribution in [-0.2, 0) is 0 Å². The van der Waals surface area contributed by atoms with Crippen molar-refractivity contribution < 1.29 is 4.42 Å². The van der Waals surface area contributed by atoms with Gasteiger partial charge in [0.2, 0.25) is 0 Å². The van der Waals surface area contributed by atoms with Crippen LogP contribution in [0, 0.1) is 0 Å². The van der Waals surface area contributed by atoms with Crippen molar-refractivity contribution in [2.24, 2.45) is 0 Å². The molecule has 11 rings (SSSR count). The van der Waals surface area contributed by atoms with E-state index >= 15 is 0 Å². The molecule has 5 nitrogen and oxygen atoms in total. The molecule has 0 N–H and O–H groups in total. The van der Waals surface area contributed by atoms with Gasteiger partial charge in [-0.1, -0.05) is 103 Å². The number of hydrogen-bond acceptors (Lipinski definition) is 3. The molecule has 0 radical (unpaired) electrons. The van der Waals surface area contributed by atoms with Gasteiger partial charge in [-0.15, -0.1) is 0 Å². The highest BCUT2D eigenvalue weighted by Crippen LogP contribution is 2.44. The fourth-order valence-corrected chi connectivity index (χ4v) is 7.75. The Kier molecular flexibility index (Phi) is 5.32. The zero-order chi connectivity index (χ0) is 32.1. The molecule has 49 heavy (non-hydrogen) atoms. The fourth-order valence-electron chi connectivity index (χ4n) is 7.75. The minimum atomic E-state index is 0.803. The van der Waals surface area contributed by atoms with E-state index in [-0.39, 0.29) is 0 Å². The Labute approximate surface area is 279 Å². The standard InChI is InChI=1S/C44H26N4O/c1-3-13-27(14-4-1)41-44(46-36-20-10-9-19-35(36)45-41)48-37-21-11-7-17-29(37)33-25-34-31-23-24-32-30-18-8-12-22-40(30)49-43(32)42(31)47(38(34)26-39(33)48)28-15-5-2-6-16-28/h1-26H. The Balaban J connectivity index is 1.33. The summed E-state index contributed by atoms with van der Waals surface area (Å²) >= 11 is 0. The zero-order valence-electron chi connectivity index (χ0n) is 26.2. The molecular weight excluding hydrogens is 601 g/mol. The first-order chi connectivity index (χ1) is 24.3. The normalized spacial score (nSPS) is 12.1. The van der Waals surface area contributed by atoms with Crippen molar-refractivity contribution >= 4 is 76.6 Å². The van der Waals surface area contributed by atoms with Crippen LogP contribution in [-0.4, -0.2) is 19.1 Å². The van der Waals surface area contributed by atoms with Gasteiger partial charge >= 0.3 is 0 Å². The molecule has 0 saturated heterocycles. The first-order valence-electron chi connectivity index (χ1n) is 16.5. The minimum absolute atomic E-state index is 0.803. The number of benzene rings is 7. The van der Waals surface area contributed by atoms with Gasteiger partial charge in [-0.2, -0.15) is 0 Å². The number of furan rings is 1. The van der Waals surface area contributed by atoms with Gasteiger partial charge in [-0.05, 0) is 54.6 Å². The summed E-state index contributed by atoms with van der Waals surface area (Å²) < 4.78 is 11.3. The Morgan fingerprint density at radius 2 is 1.06 bits per heavy atom. The first kappa shape index (κ1) is 26.4. The third-order valence-corrected chi connectivity index (χ3v) is 9.89. The van der Waals surface area contributed by atoms with Crippen molar-refractivity contribution in [3.8, 4) is 22.8 Å². The third-order valence-electron chi connectivity index (χ3n) is 9.89. The van der Waals surface area contributed by atoms with Crippen LogP contribution < -0.4 is 0 Å². The number of nitrogens with zero attached hydrogens (tertiary/aromatic N) is 4. The molecule has 4 aromatic heterocycles. The summed E-state index contributed by atoms with van der Waals surface area (Å²) in [7, 11) is 0. The molecule has 0 aliphatic heterocycles. The van der Waals surface area contributed by atoms with Crippen LogP contribution in [0.1, 0.15) is 0 Å². The van der Waals surface area contributed by atoms with Crippen molar-refractivity contribution in [2.75, 3.05) is 0 Å². The van der Waals surface area contributed by atoms with Gasteiger partial charge in [0, 0.05) is 43.6 Å². The molecule has 228 valence electrons. The number of aromatic nitrogens is 4. The SMILES string of the molecule is c1ccc(-c2nc3ccccc3nc2-n2c3ccccc3c3cc4c5ccc6c7ccccc7oc6c5n(-c5ccccc5)c4cc32)cc1. The lowest BCUT2D eigenvalue weighted by atomic mass is 10.1. The summed E-state index contributed by atoms with van der Waals surface area (Å²) in [5.41, 5.74) is 10.8. The van der Waals surface area contributed by atoms with Crippen LogP contribution in [0.15, 0.2) is 162 Å². The minimum Gasteiger partial charge on any atom is -0.454 e. The maximum Gasteiger partial charge on any atom is 0.165 e. The predicted molar refractivity (Wildman–Crippen MR) is 201 cm³/mol.